The summed E-state index contributed by atoms with van der Waals surface area (Å²) in [6.45, 7) is 3.01. The Bertz CT molecular complexity index is 590. The molecule has 6 heteroatoms. The van der Waals surface area contributed by atoms with Crippen LogP contribution in [0, 0.1) is 0 Å². The zero-order valence-corrected chi connectivity index (χ0v) is 12.6. The number of amides is 1. The number of likely N-dealkylation sites (tertiary alicyclic amines) is 1. The third-order valence-electron chi connectivity index (χ3n) is 3.59. The molecule has 2 rings (SSSR count). The van der Waals surface area contributed by atoms with Gasteiger partial charge in [-0.1, -0.05) is 12.1 Å². The van der Waals surface area contributed by atoms with E-state index in [9.17, 15) is 13.2 Å². The number of hydrogen-bond donors (Lipinski definition) is 1. The molecule has 1 heterocycles. The highest BCUT2D eigenvalue weighted by Gasteiger charge is 2.22. The van der Waals surface area contributed by atoms with Crippen LogP contribution in [0.15, 0.2) is 29.2 Å². The molecule has 20 heavy (non-hydrogen) atoms. The summed E-state index contributed by atoms with van der Waals surface area (Å²) in [4.78, 5) is 13.4. The lowest BCUT2D eigenvalue weighted by Crippen LogP contribution is -2.41. The number of hydrogen-bond acceptors (Lipinski definition) is 4. The molecule has 1 aromatic carbocycles. The highest BCUT2D eigenvalue weighted by molar-refractivity contribution is 7.90. The largest absolute Gasteiger partial charge is 0.381 e. The van der Waals surface area contributed by atoms with Crippen molar-refractivity contribution in [3.05, 3.63) is 24.3 Å². The average molecular weight is 296 g/mol. The molecule has 1 saturated heterocycles. The van der Waals surface area contributed by atoms with Crippen molar-refractivity contribution in [1.29, 1.82) is 0 Å². The summed E-state index contributed by atoms with van der Waals surface area (Å²) in [6.07, 6.45) is 2.88. The molecule has 1 fully saturated rings. The number of piperidine rings is 1. The molecule has 1 aliphatic rings. The smallest absolute Gasteiger partial charge is 0.219 e. The van der Waals surface area contributed by atoms with E-state index in [0.717, 1.165) is 12.8 Å². The third-order valence-corrected chi connectivity index (χ3v) is 4.74. The van der Waals surface area contributed by atoms with Gasteiger partial charge in [-0.25, -0.2) is 8.42 Å². The number of sulfone groups is 1. The van der Waals surface area contributed by atoms with Crippen molar-refractivity contribution >= 4 is 21.4 Å². The summed E-state index contributed by atoms with van der Waals surface area (Å²) in [5.74, 6) is 0.0972. The fraction of sp³-hybridized carbons (Fsp3) is 0.500. The van der Waals surface area contributed by atoms with Crippen LogP contribution in [-0.2, 0) is 14.6 Å². The Balaban J connectivity index is 2.07. The van der Waals surface area contributed by atoms with Gasteiger partial charge in [0.2, 0.25) is 5.91 Å². The molecule has 0 saturated carbocycles. The maximum atomic E-state index is 11.7. The lowest BCUT2D eigenvalue weighted by atomic mass is 10.0. The molecule has 5 nitrogen and oxygen atoms in total. The van der Waals surface area contributed by atoms with Crippen LogP contribution in [-0.4, -0.2) is 44.6 Å². The standard InChI is InChI=1S/C14H20N2O3S/c1-11(17)16-9-7-12(8-10-16)15-13-5-3-4-6-14(13)20(2,18)19/h3-6,12,15H,7-10H2,1-2H3. The van der Waals surface area contributed by atoms with Gasteiger partial charge in [-0.15, -0.1) is 0 Å². The van der Waals surface area contributed by atoms with E-state index in [1.54, 1.807) is 25.1 Å². The molecular formula is C14H20N2O3S. The van der Waals surface area contributed by atoms with Gasteiger partial charge < -0.3 is 10.2 Å². The van der Waals surface area contributed by atoms with Crippen molar-refractivity contribution in [3.8, 4) is 0 Å². The SMILES string of the molecule is CC(=O)N1CCC(Nc2ccccc2S(C)(=O)=O)CC1. The van der Waals surface area contributed by atoms with Crippen LogP contribution in [0.1, 0.15) is 19.8 Å². The number of nitrogens with one attached hydrogen (secondary N) is 1. The number of rotatable bonds is 3. The van der Waals surface area contributed by atoms with Crippen LogP contribution in [0.2, 0.25) is 0 Å². The summed E-state index contributed by atoms with van der Waals surface area (Å²) in [5, 5.41) is 3.30. The van der Waals surface area contributed by atoms with Gasteiger partial charge in [-0.3, -0.25) is 4.79 Å². The molecule has 1 N–H and O–H groups in total. The second-order valence-electron chi connectivity index (χ2n) is 5.19. The molecule has 0 radical (unpaired) electrons. The molecule has 0 aromatic heterocycles. The summed E-state index contributed by atoms with van der Waals surface area (Å²) in [7, 11) is -3.24. The van der Waals surface area contributed by atoms with Gasteiger partial charge in [0.1, 0.15) is 0 Å². The average Bonchev–Trinajstić information content (AvgIpc) is 2.38. The van der Waals surface area contributed by atoms with Crippen molar-refractivity contribution in [2.24, 2.45) is 0 Å². The number of anilines is 1. The van der Waals surface area contributed by atoms with E-state index in [1.165, 1.54) is 6.26 Å². The van der Waals surface area contributed by atoms with Gasteiger partial charge in [0.25, 0.3) is 0 Å². The molecule has 0 atom stereocenters. The van der Waals surface area contributed by atoms with Crippen LogP contribution in [0.4, 0.5) is 5.69 Å². The minimum absolute atomic E-state index is 0.0972. The van der Waals surface area contributed by atoms with Crippen molar-refractivity contribution in [1.82, 2.24) is 4.90 Å². The summed E-state index contributed by atoms with van der Waals surface area (Å²) in [5.41, 5.74) is 0.649. The Hall–Kier alpha value is -1.56. The zero-order valence-electron chi connectivity index (χ0n) is 11.8. The molecule has 0 spiro atoms. The number of para-hydroxylation sites is 1. The topological polar surface area (TPSA) is 66.5 Å². The summed E-state index contributed by atoms with van der Waals surface area (Å²) in [6, 6.07) is 7.14. The van der Waals surface area contributed by atoms with Crippen LogP contribution in [0.25, 0.3) is 0 Å². The monoisotopic (exact) mass is 296 g/mol. The molecule has 1 aliphatic heterocycles. The van der Waals surface area contributed by atoms with Crippen molar-refractivity contribution in [2.75, 3.05) is 24.7 Å². The van der Waals surface area contributed by atoms with Crippen molar-refractivity contribution in [2.45, 2.75) is 30.7 Å². The quantitative estimate of drug-likeness (QED) is 0.918. The van der Waals surface area contributed by atoms with Crippen LogP contribution in [0.3, 0.4) is 0 Å². The number of carbonyl (C=O) groups excluding carboxylic acids is 1. The summed E-state index contributed by atoms with van der Waals surface area (Å²) >= 11 is 0. The number of nitrogens with zero attached hydrogens (tertiary/aromatic N) is 1. The number of carbonyl (C=O) groups is 1. The maximum Gasteiger partial charge on any atom is 0.219 e. The van der Waals surface area contributed by atoms with E-state index in [-0.39, 0.29) is 11.9 Å². The predicted molar refractivity (Wildman–Crippen MR) is 78.5 cm³/mol. The van der Waals surface area contributed by atoms with E-state index in [1.807, 2.05) is 11.0 Å². The van der Waals surface area contributed by atoms with Crippen LogP contribution < -0.4 is 5.32 Å². The maximum absolute atomic E-state index is 11.7. The molecule has 0 bridgehead atoms. The Morgan fingerprint density at radius 1 is 1.25 bits per heavy atom. The van der Waals surface area contributed by atoms with Gasteiger partial charge in [0.05, 0.1) is 10.6 Å². The molecule has 1 amide bonds. The number of benzene rings is 1. The molecule has 1 aromatic rings. The Morgan fingerprint density at radius 3 is 2.40 bits per heavy atom. The molecule has 0 unspecified atom stereocenters. The molecule has 110 valence electrons. The van der Waals surface area contributed by atoms with E-state index in [0.29, 0.717) is 23.7 Å². The lowest BCUT2D eigenvalue weighted by molar-refractivity contribution is -0.129. The Labute approximate surface area is 119 Å². The van der Waals surface area contributed by atoms with Crippen molar-refractivity contribution < 1.29 is 13.2 Å². The van der Waals surface area contributed by atoms with Gasteiger partial charge in [-0.2, -0.15) is 0 Å². The first-order chi connectivity index (χ1) is 9.38. The highest BCUT2D eigenvalue weighted by Crippen LogP contribution is 2.23. The van der Waals surface area contributed by atoms with E-state index >= 15 is 0 Å². The first-order valence-electron chi connectivity index (χ1n) is 6.69. The van der Waals surface area contributed by atoms with E-state index in [4.69, 9.17) is 0 Å². The van der Waals surface area contributed by atoms with Crippen LogP contribution >= 0.6 is 0 Å². The fourth-order valence-electron chi connectivity index (χ4n) is 2.47. The van der Waals surface area contributed by atoms with Gasteiger partial charge in [0, 0.05) is 32.3 Å². The van der Waals surface area contributed by atoms with Gasteiger partial charge in [0.15, 0.2) is 9.84 Å². The predicted octanol–water partition coefficient (Wildman–Crippen LogP) is 1.51. The minimum Gasteiger partial charge on any atom is -0.381 e. The molecule has 0 aliphatic carbocycles. The fourth-order valence-corrected chi connectivity index (χ4v) is 3.32. The second-order valence-corrected chi connectivity index (χ2v) is 7.18. The lowest BCUT2D eigenvalue weighted by Gasteiger charge is -2.32. The second kappa shape index (κ2) is 5.83. The minimum atomic E-state index is -3.24. The summed E-state index contributed by atoms with van der Waals surface area (Å²) < 4.78 is 23.5. The van der Waals surface area contributed by atoms with Crippen LogP contribution in [0.5, 0.6) is 0 Å². The van der Waals surface area contributed by atoms with Gasteiger partial charge in [-0.05, 0) is 25.0 Å². The first-order valence-corrected chi connectivity index (χ1v) is 8.58. The Morgan fingerprint density at radius 2 is 1.85 bits per heavy atom. The first kappa shape index (κ1) is 14.8. The van der Waals surface area contributed by atoms with Gasteiger partial charge >= 0.3 is 0 Å². The van der Waals surface area contributed by atoms with E-state index < -0.39 is 9.84 Å². The normalized spacial score (nSPS) is 17.0. The van der Waals surface area contributed by atoms with E-state index in [2.05, 4.69) is 5.32 Å². The third kappa shape index (κ3) is 3.50. The highest BCUT2D eigenvalue weighted by atomic mass is 32.2. The Kier molecular flexibility index (Phi) is 4.32. The van der Waals surface area contributed by atoms with Crippen molar-refractivity contribution in [3.63, 3.8) is 0 Å². The zero-order chi connectivity index (χ0) is 14.8. The molecular weight excluding hydrogens is 276 g/mol.